The molecule has 19 heteroatoms. The van der Waals surface area contributed by atoms with Crippen LogP contribution in [0.25, 0.3) is 0 Å². The lowest BCUT2D eigenvalue weighted by molar-refractivity contribution is -0.161. The molecule has 0 heterocycles. The summed E-state index contributed by atoms with van der Waals surface area (Å²) in [7, 11) is -9.98. The summed E-state index contributed by atoms with van der Waals surface area (Å²) in [5, 5.41) is 10.7. The van der Waals surface area contributed by atoms with Crippen LogP contribution in [0, 0.1) is 0 Å². The Kier molecular flexibility index (Phi) is 76.3. The van der Waals surface area contributed by atoms with Gasteiger partial charge in [-0.15, -0.1) is 0 Å². The lowest BCUT2D eigenvalue weighted by atomic mass is 10.1. The van der Waals surface area contributed by atoms with Gasteiger partial charge in [0.25, 0.3) is 0 Å². The Morgan fingerprint density at radius 2 is 0.481 bits per heavy atom. The van der Waals surface area contributed by atoms with Crippen molar-refractivity contribution in [2.24, 2.45) is 0 Å². The van der Waals surface area contributed by atoms with E-state index in [1.54, 1.807) is 0 Å². The average molecular weight is 1550 g/mol. The molecule has 0 spiro atoms. The van der Waals surface area contributed by atoms with E-state index < -0.39 is 97.5 Å². The summed E-state index contributed by atoms with van der Waals surface area (Å²) in [6.07, 6.45) is 92.3. The largest absolute Gasteiger partial charge is 0.472 e. The predicted molar refractivity (Wildman–Crippen MR) is 445 cm³/mol. The second-order valence-electron chi connectivity index (χ2n) is 27.6. The summed E-state index contributed by atoms with van der Waals surface area (Å²) in [6, 6.07) is 0. The van der Waals surface area contributed by atoms with Crippen LogP contribution in [0.1, 0.15) is 336 Å². The quantitative estimate of drug-likeness (QED) is 0.0169. The Hall–Kier alpha value is -5.06. The lowest BCUT2D eigenvalue weighted by Crippen LogP contribution is -2.30. The molecule has 108 heavy (non-hydrogen) atoms. The van der Waals surface area contributed by atoms with Gasteiger partial charge in [0.2, 0.25) is 0 Å². The van der Waals surface area contributed by atoms with Gasteiger partial charge in [0.1, 0.15) is 19.3 Å². The molecule has 5 unspecified atom stereocenters. The summed E-state index contributed by atoms with van der Waals surface area (Å²) < 4.78 is 68.8. The molecule has 17 nitrogen and oxygen atoms in total. The van der Waals surface area contributed by atoms with Crippen LogP contribution in [0.4, 0.5) is 0 Å². The van der Waals surface area contributed by atoms with Crippen LogP contribution in [-0.2, 0) is 65.4 Å². The molecule has 0 saturated heterocycles. The fraction of sp³-hybridized carbons (Fsp3) is 0.685. The van der Waals surface area contributed by atoms with Crippen molar-refractivity contribution >= 4 is 39.5 Å². The molecule has 0 rings (SSSR count). The van der Waals surface area contributed by atoms with Crippen LogP contribution in [-0.4, -0.2) is 96.7 Å². The van der Waals surface area contributed by atoms with Crippen molar-refractivity contribution in [1.29, 1.82) is 0 Å². The lowest BCUT2D eigenvalue weighted by Gasteiger charge is -2.21. The summed E-state index contributed by atoms with van der Waals surface area (Å²) in [6.45, 7) is 4.49. The van der Waals surface area contributed by atoms with E-state index >= 15 is 0 Å². The molecule has 0 bridgehead atoms. The van der Waals surface area contributed by atoms with Gasteiger partial charge in [-0.3, -0.25) is 37.3 Å². The minimum Gasteiger partial charge on any atom is -0.462 e. The Morgan fingerprint density at radius 1 is 0.269 bits per heavy atom. The van der Waals surface area contributed by atoms with Gasteiger partial charge in [-0.1, -0.05) is 296 Å². The van der Waals surface area contributed by atoms with E-state index in [1.165, 1.54) is 19.3 Å². The Balaban J connectivity index is 5.41. The highest BCUT2D eigenvalue weighted by Gasteiger charge is 2.30. The van der Waals surface area contributed by atoms with Gasteiger partial charge in [0.05, 0.1) is 26.4 Å². The Bertz CT molecular complexity index is 2610. The third-order valence-corrected chi connectivity index (χ3v) is 19.2. The van der Waals surface area contributed by atoms with E-state index in [9.17, 15) is 43.2 Å². The third kappa shape index (κ3) is 79.0. The van der Waals surface area contributed by atoms with Crippen molar-refractivity contribution in [3.63, 3.8) is 0 Å². The number of unbranched alkanes of at least 4 members (excludes halogenated alkanes) is 28. The predicted octanol–water partition coefficient (Wildman–Crippen LogP) is 25.0. The van der Waals surface area contributed by atoms with Gasteiger partial charge >= 0.3 is 39.5 Å². The minimum absolute atomic E-state index is 0.0722. The highest BCUT2D eigenvalue weighted by atomic mass is 31.2. The zero-order valence-electron chi connectivity index (χ0n) is 67.7. The van der Waals surface area contributed by atoms with Crippen molar-refractivity contribution < 1.29 is 80.2 Å². The number of esters is 4. The minimum atomic E-state index is -4.99. The number of carbonyl (C=O) groups excluding carboxylic acids is 4. The number of aliphatic hydroxyl groups excluding tert-OH is 1. The molecule has 0 aliphatic heterocycles. The Labute approximate surface area is 656 Å². The smallest absolute Gasteiger partial charge is 0.462 e. The number of carbonyl (C=O) groups is 4. The number of aliphatic hydroxyl groups is 1. The Morgan fingerprint density at radius 3 is 0.741 bits per heavy atom. The van der Waals surface area contributed by atoms with Gasteiger partial charge in [0.15, 0.2) is 12.2 Å². The van der Waals surface area contributed by atoms with E-state index in [0.717, 1.165) is 238 Å². The van der Waals surface area contributed by atoms with E-state index in [1.807, 2.05) is 0 Å². The van der Waals surface area contributed by atoms with Gasteiger partial charge < -0.3 is 33.8 Å². The van der Waals surface area contributed by atoms with E-state index in [-0.39, 0.29) is 25.7 Å². The second kappa shape index (κ2) is 80.0. The van der Waals surface area contributed by atoms with Gasteiger partial charge in [-0.2, -0.15) is 0 Å². The molecule has 0 aromatic rings. The molecule has 0 aliphatic rings. The molecule has 0 aliphatic carbocycles. The maximum absolute atomic E-state index is 13.1. The van der Waals surface area contributed by atoms with Gasteiger partial charge in [0, 0.05) is 25.7 Å². The summed E-state index contributed by atoms with van der Waals surface area (Å²) >= 11 is 0. The number of allylic oxidation sites excluding steroid dienone is 24. The van der Waals surface area contributed by atoms with E-state index in [4.69, 9.17) is 37.0 Å². The summed E-state index contributed by atoms with van der Waals surface area (Å²) in [5.41, 5.74) is 0. The van der Waals surface area contributed by atoms with Gasteiger partial charge in [-0.25, -0.2) is 9.13 Å². The van der Waals surface area contributed by atoms with Crippen molar-refractivity contribution in [3.05, 3.63) is 146 Å². The van der Waals surface area contributed by atoms with Gasteiger partial charge in [-0.05, 0) is 161 Å². The molecule has 0 radical (unpaired) electrons. The topological polar surface area (TPSA) is 237 Å². The zero-order chi connectivity index (χ0) is 78.9. The SMILES string of the molecule is CC/C=C\C/C=C\C/C=C\C/C=C\CCCCCCCCC(=O)OCC(COP(=O)(O)OCC(O)COP(=O)(O)OCC(COC(=O)CCCCCCCCC/C=C\C/C=C\C/C=C\CC)OC(=O)CCCCCCCCC/C=C\C/C=C\C/C=C\CC)OC(=O)CCCCCCC/C=C\C/C=C\CCCCC. The maximum atomic E-state index is 13.1. The number of phosphoric acid groups is 2. The van der Waals surface area contributed by atoms with E-state index in [2.05, 4.69) is 174 Å². The average Bonchev–Trinajstić information content (AvgIpc) is 0.901. The van der Waals surface area contributed by atoms with Crippen molar-refractivity contribution in [2.75, 3.05) is 39.6 Å². The number of phosphoric ester groups is 2. The zero-order valence-corrected chi connectivity index (χ0v) is 69.5. The summed E-state index contributed by atoms with van der Waals surface area (Å²) in [5.74, 6) is -2.22. The molecule has 0 fully saturated rings. The highest BCUT2D eigenvalue weighted by molar-refractivity contribution is 7.47. The fourth-order valence-electron chi connectivity index (χ4n) is 11.0. The maximum Gasteiger partial charge on any atom is 0.472 e. The highest BCUT2D eigenvalue weighted by Crippen LogP contribution is 2.45. The standard InChI is InChI=1S/C89H150O17P2/c1-5-9-13-17-21-25-29-33-37-40-41-44-47-50-54-58-62-66-70-74-87(92)100-79-84(105-88(93)75-71-67-63-59-55-51-45-36-32-28-24-20-16-12-8-4)81-103-107(95,96)101-77-83(90)78-102-108(97,98)104-82-85(106-89(94)76-72-68-64-60-56-52-48-43-39-35-31-27-23-19-15-11-7-3)80-99-86(91)73-69-65-61-57-53-49-46-42-38-34-30-26-22-18-14-10-6-2/h9-11,13-15,21-28,33-39,41,44-45,83-85,90H,5-8,12,16-20,29-32,40,42-43,46-82H2,1-4H3,(H,95,96)(H,97,98)/b13-9-,14-10-,15-11-,25-21-,26-22-,27-23-,28-24-,37-33-,38-34-,39-35-,44-41-,45-36-. The first kappa shape index (κ1) is 103. The monoisotopic (exact) mass is 1550 g/mol. The molecular weight excluding hydrogens is 1400 g/mol. The second-order valence-corrected chi connectivity index (χ2v) is 30.5. The van der Waals surface area contributed by atoms with Crippen LogP contribution in [0.5, 0.6) is 0 Å². The van der Waals surface area contributed by atoms with E-state index in [0.29, 0.717) is 25.7 Å². The first-order valence-electron chi connectivity index (χ1n) is 42.1. The van der Waals surface area contributed by atoms with Crippen molar-refractivity contribution in [3.8, 4) is 0 Å². The van der Waals surface area contributed by atoms with Crippen molar-refractivity contribution in [2.45, 2.75) is 354 Å². The molecule has 5 atom stereocenters. The van der Waals surface area contributed by atoms with Crippen LogP contribution in [0.15, 0.2) is 146 Å². The first-order valence-corrected chi connectivity index (χ1v) is 45.1. The molecule has 0 aromatic heterocycles. The normalized spacial score (nSPS) is 14.5. The number of rotatable bonds is 78. The fourth-order valence-corrected chi connectivity index (χ4v) is 12.6. The molecule has 618 valence electrons. The molecular formula is C89H150O17P2. The van der Waals surface area contributed by atoms with Crippen LogP contribution in [0.2, 0.25) is 0 Å². The molecule has 0 aromatic carbocycles. The number of ether oxygens (including phenoxy) is 4. The molecule has 0 amide bonds. The molecule has 0 saturated carbocycles. The number of hydrogen-bond acceptors (Lipinski definition) is 15. The third-order valence-electron chi connectivity index (χ3n) is 17.3. The molecule has 3 N–H and O–H groups in total. The van der Waals surface area contributed by atoms with Crippen LogP contribution >= 0.6 is 15.6 Å². The summed E-state index contributed by atoms with van der Waals surface area (Å²) in [4.78, 5) is 73.2. The van der Waals surface area contributed by atoms with Crippen LogP contribution < -0.4 is 0 Å². The van der Waals surface area contributed by atoms with Crippen LogP contribution in [0.3, 0.4) is 0 Å². The number of hydrogen-bond donors (Lipinski definition) is 3. The van der Waals surface area contributed by atoms with Crippen molar-refractivity contribution in [1.82, 2.24) is 0 Å². The first-order chi connectivity index (χ1) is 52.7.